The van der Waals surface area contributed by atoms with Crippen molar-refractivity contribution in [3.8, 4) is 0 Å². The van der Waals surface area contributed by atoms with Crippen molar-refractivity contribution in [3.63, 3.8) is 0 Å². The number of fused-ring (bicyclic) bond motifs is 2. The van der Waals surface area contributed by atoms with Gasteiger partial charge >= 0.3 is 0 Å². The smallest absolute Gasteiger partial charge is 0.270 e. The van der Waals surface area contributed by atoms with Gasteiger partial charge in [-0.1, -0.05) is 23.8 Å². The largest absolute Gasteiger partial charge is 0.272 e. The van der Waals surface area contributed by atoms with E-state index in [9.17, 15) is 14.4 Å². The van der Waals surface area contributed by atoms with Gasteiger partial charge in [0, 0.05) is 16.0 Å². The lowest BCUT2D eigenvalue weighted by molar-refractivity contribution is -0.148. The van der Waals surface area contributed by atoms with Crippen LogP contribution in [0, 0.1) is 34.5 Å². The predicted octanol–water partition coefficient (Wildman–Crippen LogP) is 2.18. The maximum absolute atomic E-state index is 13.2. The van der Waals surface area contributed by atoms with Crippen molar-refractivity contribution in [3.05, 3.63) is 47.0 Å². The molecule has 5 aliphatic rings. The van der Waals surface area contributed by atoms with E-state index in [0.29, 0.717) is 22.4 Å². The van der Waals surface area contributed by atoms with Gasteiger partial charge in [-0.15, -0.1) is 0 Å². The van der Waals surface area contributed by atoms with Crippen LogP contribution in [-0.4, -0.2) is 22.7 Å². The van der Waals surface area contributed by atoms with Crippen molar-refractivity contribution in [2.24, 2.45) is 34.5 Å². The summed E-state index contributed by atoms with van der Waals surface area (Å²) in [6, 6.07) is 6.36. The fourth-order valence-electron chi connectivity index (χ4n) is 6.46. The van der Waals surface area contributed by atoms with E-state index >= 15 is 0 Å². The molecule has 3 amide bonds. The number of imide groups is 1. The van der Waals surface area contributed by atoms with Gasteiger partial charge in [0.1, 0.15) is 0 Å². The highest BCUT2D eigenvalue weighted by Crippen LogP contribution is 2.94. The lowest BCUT2D eigenvalue weighted by Gasteiger charge is -2.30. The molecule has 0 radical (unpaired) electrons. The summed E-state index contributed by atoms with van der Waals surface area (Å²) in [6.45, 7) is 0. The van der Waals surface area contributed by atoms with Crippen LogP contribution in [0.3, 0.4) is 0 Å². The van der Waals surface area contributed by atoms with Crippen molar-refractivity contribution in [2.45, 2.75) is 12.8 Å². The van der Waals surface area contributed by atoms with Crippen LogP contribution in [-0.2, 0) is 9.59 Å². The van der Waals surface area contributed by atoms with Gasteiger partial charge in [0.15, 0.2) is 0 Å². The molecule has 126 valence electrons. The number of hydrogen-bond donors (Lipinski definition) is 1. The second-order valence-corrected chi connectivity index (χ2v) is 8.37. The van der Waals surface area contributed by atoms with Gasteiger partial charge in [0.05, 0.1) is 11.3 Å². The van der Waals surface area contributed by atoms with E-state index in [4.69, 9.17) is 11.6 Å². The van der Waals surface area contributed by atoms with Crippen LogP contribution >= 0.6 is 11.6 Å². The van der Waals surface area contributed by atoms with Crippen LogP contribution in [0.25, 0.3) is 0 Å². The van der Waals surface area contributed by atoms with Crippen molar-refractivity contribution >= 4 is 29.3 Å². The molecule has 1 spiro atoms. The number of halogens is 1. The first-order valence-electron chi connectivity index (χ1n) is 8.65. The summed E-state index contributed by atoms with van der Waals surface area (Å²) < 4.78 is 0. The fourth-order valence-corrected chi connectivity index (χ4v) is 6.58. The molecule has 6 atom stereocenters. The summed E-state index contributed by atoms with van der Waals surface area (Å²) in [7, 11) is 0. The number of hydrogen-bond acceptors (Lipinski definition) is 3. The molecule has 4 aliphatic carbocycles. The molecule has 6 heteroatoms. The molecule has 3 saturated carbocycles. The fraction of sp³-hybridized carbons (Fsp3) is 0.421. The Morgan fingerprint density at radius 3 is 2.76 bits per heavy atom. The molecule has 1 N–H and O–H groups in total. The SMILES string of the molecule is O=C(NN1C(=O)[C@H]2C34CC=CC(C5CC53)[C@@]24C1=O)c1ccc(Cl)cc1. The third-order valence-corrected chi connectivity index (χ3v) is 7.54. The zero-order chi connectivity index (χ0) is 17.1. The molecule has 1 heterocycles. The first kappa shape index (κ1) is 14.1. The average Bonchev–Trinajstić information content (AvgIpc) is 3.47. The molecule has 6 rings (SSSR count). The standard InChI is InChI=1S/C19H15ClN2O3/c20-10-5-3-9(4-6-10)15(23)21-22-16(24)14-18-7-1-2-12(11-8-13(11)18)19(14,18)17(22)25/h1-6,11-14H,7-8H2,(H,21,23)/t11?,12?,13?,14-,18?,19-/m0/s1. The minimum atomic E-state index is -0.570. The van der Waals surface area contributed by atoms with E-state index in [1.165, 1.54) is 0 Å². The Balaban J connectivity index is 1.32. The Bertz CT molecular complexity index is 910. The Labute approximate surface area is 149 Å². The molecule has 4 unspecified atom stereocenters. The summed E-state index contributed by atoms with van der Waals surface area (Å²) in [4.78, 5) is 38.5. The second-order valence-electron chi connectivity index (χ2n) is 7.93. The van der Waals surface area contributed by atoms with Crippen LogP contribution in [0.1, 0.15) is 23.2 Å². The number of carbonyl (C=O) groups is 3. The van der Waals surface area contributed by atoms with Crippen LogP contribution in [0.5, 0.6) is 0 Å². The average molecular weight is 355 g/mol. The lowest BCUT2D eigenvalue weighted by atomic mass is 9.77. The Kier molecular flexibility index (Phi) is 2.24. The van der Waals surface area contributed by atoms with E-state index in [-0.39, 0.29) is 29.1 Å². The van der Waals surface area contributed by atoms with Gasteiger partial charge < -0.3 is 0 Å². The number of hydrazine groups is 1. The highest BCUT2D eigenvalue weighted by molar-refractivity contribution is 6.30. The van der Waals surface area contributed by atoms with Crippen molar-refractivity contribution < 1.29 is 14.4 Å². The van der Waals surface area contributed by atoms with Gasteiger partial charge in [-0.2, -0.15) is 5.01 Å². The van der Waals surface area contributed by atoms with Crippen LogP contribution in [0.4, 0.5) is 0 Å². The zero-order valence-electron chi connectivity index (χ0n) is 13.2. The van der Waals surface area contributed by atoms with Gasteiger partial charge in [-0.25, -0.2) is 0 Å². The maximum atomic E-state index is 13.2. The highest BCUT2D eigenvalue weighted by atomic mass is 35.5. The molecule has 1 saturated heterocycles. The van der Waals surface area contributed by atoms with E-state index in [1.54, 1.807) is 24.3 Å². The van der Waals surface area contributed by atoms with Crippen LogP contribution in [0.15, 0.2) is 36.4 Å². The normalized spacial score (nSPS) is 44.3. The monoisotopic (exact) mass is 354 g/mol. The molecule has 25 heavy (non-hydrogen) atoms. The highest BCUT2D eigenvalue weighted by Gasteiger charge is 2.98. The van der Waals surface area contributed by atoms with Gasteiger partial charge in [0.2, 0.25) is 0 Å². The number of nitrogens with zero attached hydrogens (tertiary/aromatic N) is 1. The Morgan fingerprint density at radius 2 is 2.00 bits per heavy atom. The molecule has 2 bridgehead atoms. The van der Waals surface area contributed by atoms with Gasteiger partial charge in [-0.3, -0.25) is 19.8 Å². The molecule has 1 aromatic rings. The van der Waals surface area contributed by atoms with Crippen molar-refractivity contribution in [1.82, 2.24) is 10.4 Å². The number of allylic oxidation sites excluding steroid dienone is 2. The molecule has 0 aromatic heterocycles. The van der Waals surface area contributed by atoms with Crippen LogP contribution < -0.4 is 5.43 Å². The minimum Gasteiger partial charge on any atom is -0.272 e. The number of carbonyl (C=O) groups excluding carboxylic acids is 3. The molecule has 5 nitrogen and oxygen atoms in total. The number of piperidine rings is 1. The number of benzene rings is 1. The van der Waals surface area contributed by atoms with Crippen LogP contribution in [0.2, 0.25) is 5.02 Å². The summed E-state index contributed by atoms with van der Waals surface area (Å²) >= 11 is 5.83. The maximum Gasteiger partial charge on any atom is 0.270 e. The molecule has 1 aliphatic heterocycles. The van der Waals surface area contributed by atoms with E-state index in [2.05, 4.69) is 17.6 Å². The number of nitrogens with one attached hydrogen (secondary N) is 1. The summed E-state index contributed by atoms with van der Waals surface area (Å²) in [5, 5.41) is 1.51. The summed E-state index contributed by atoms with van der Waals surface area (Å²) in [6.07, 6.45) is 6.26. The van der Waals surface area contributed by atoms with E-state index < -0.39 is 11.3 Å². The number of amides is 3. The third kappa shape index (κ3) is 1.29. The first-order chi connectivity index (χ1) is 12.0. The molecule has 1 aromatic carbocycles. The first-order valence-corrected chi connectivity index (χ1v) is 9.03. The minimum absolute atomic E-state index is 0.146. The van der Waals surface area contributed by atoms with E-state index in [1.807, 2.05) is 0 Å². The predicted molar refractivity (Wildman–Crippen MR) is 88.0 cm³/mol. The van der Waals surface area contributed by atoms with Crippen molar-refractivity contribution in [1.29, 1.82) is 0 Å². The molecule has 4 fully saturated rings. The molecular formula is C19H15ClN2O3. The summed E-state index contributed by atoms with van der Waals surface area (Å²) in [5.41, 5.74) is 2.18. The third-order valence-electron chi connectivity index (χ3n) is 7.29. The summed E-state index contributed by atoms with van der Waals surface area (Å²) in [5.74, 6) is 0.0942. The zero-order valence-corrected chi connectivity index (χ0v) is 14.0. The van der Waals surface area contributed by atoms with Crippen molar-refractivity contribution in [2.75, 3.05) is 0 Å². The topological polar surface area (TPSA) is 66.5 Å². The lowest BCUT2D eigenvalue weighted by Crippen LogP contribution is -2.51. The van der Waals surface area contributed by atoms with Gasteiger partial charge in [0.25, 0.3) is 17.7 Å². The number of rotatable bonds is 2. The Morgan fingerprint density at radius 1 is 1.24 bits per heavy atom. The van der Waals surface area contributed by atoms with Gasteiger partial charge in [-0.05, 0) is 54.9 Å². The van der Waals surface area contributed by atoms with E-state index in [0.717, 1.165) is 17.9 Å². The Hall–Kier alpha value is -2.14. The quantitative estimate of drug-likeness (QED) is 0.654. The second kappa shape index (κ2) is 3.98. The molecular weight excluding hydrogens is 340 g/mol.